The first-order chi connectivity index (χ1) is 14.7. The number of hydrogen-bond donors (Lipinski definition) is 7. The molecule has 0 saturated carbocycles. The Kier molecular flexibility index (Phi) is 11.4. The number of thioether (sulfide) groups is 1. The number of nitrogens with two attached hydrogens (primary N) is 1. The molecule has 3 unspecified atom stereocenters. The third-order valence-corrected chi connectivity index (χ3v) is 4.85. The van der Waals surface area contributed by atoms with E-state index in [9.17, 15) is 29.4 Å². The van der Waals surface area contributed by atoms with Crippen LogP contribution in [0.15, 0.2) is 24.3 Å². The van der Waals surface area contributed by atoms with Crippen molar-refractivity contribution in [3.05, 3.63) is 29.8 Å². The largest absolute Gasteiger partial charge is 0.508 e. The fraction of sp³-hybridized carbons (Fsp3) is 0.474. The van der Waals surface area contributed by atoms with Crippen LogP contribution in [0.1, 0.15) is 12.0 Å². The van der Waals surface area contributed by atoms with E-state index in [1.807, 2.05) is 6.26 Å². The molecule has 0 saturated heterocycles. The number of aromatic hydroxyl groups is 1. The lowest BCUT2D eigenvalue weighted by Gasteiger charge is -2.21. The Balaban J connectivity index is 2.75. The first kappa shape index (κ1) is 26.2. The lowest BCUT2D eigenvalue weighted by molar-refractivity contribution is -0.142. The molecule has 3 amide bonds. The summed E-state index contributed by atoms with van der Waals surface area (Å²) < 4.78 is 0. The van der Waals surface area contributed by atoms with Crippen LogP contribution in [0.3, 0.4) is 0 Å². The topological polar surface area (TPSA) is 191 Å². The predicted molar refractivity (Wildman–Crippen MR) is 114 cm³/mol. The number of rotatable bonds is 13. The number of aliphatic hydroxyl groups is 1. The molecule has 172 valence electrons. The monoisotopic (exact) mass is 456 g/mol. The van der Waals surface area contributed by atoms with Crippen molar-refractivity contribution in [2.24, 2.45) is 5.73 Å². The molecule has 1 aromatic carbocycles. The average Bonchev–Trinajstić information content (AvgIpc) is 2.74. The highest BCUT2D eigenvalue weighted by molar-refractivity contribution is 7.98. The third-order valence-electron chi connectivity index (χ3n) is 4.21. The molecule has 0 radical (unpaired) electrons. The number of carboxylic acid groups (broad SMARTS) is 1. The molecule has 1 aromatic rings. The summed E-state index contributed by atoms with van der Waals surface area (Å²) in [5.74, 6) is -2.75. The van der Waals surface area contributed by atoms with E-state index in [0.717, 1.165) is 0 Å². The highest BCUT2D eigenvalue weighted by Gasteiger charge is 2.27. The summed E-state index contributed by atoms with van der Waals surface area (Å²) in [7, 11) is 0. The van der Waals surface area contributed by atoms with Gasteiger partial charge in [-0.15, -0.1) is 0 Å². The first-order valence-corrected chi connectivity index (χ1v) is 10.8. The number of amides is 3. The molecular formula is C19H28N4O7S. The summed E-state index contributed by atoms with van der Waals surface area (Å²) in [6, 6.07) is 2.50. The van der Waals surface area contributed by atoms with Gasteiger partial charge in [0.05, 0.1) is 13.2 Å². The molecule has 0 aliphatic rings. The van der Waals surface area contributed by atoms with Crippen molar-refractivity contribution in [2.75, 3.05) is 25.2 Å². The van der Waals surface area contributed by atoms with Gasteiger partial charge in [-0.1, -0.05) is 12.1 Å². The van der Waals surface area contributed by atoms with Crippen molar-refractivity contribution in [3.63, 3.8) is 0 Å². The van der Waals surface area contributed by atoms with E-state index in [-0.39, 0.29) is 18.6 Å². The smallest absolute Gasteiger partial charge is 0.326 e. The van der Waals surface area contributed by atoms with Gasteiger partial charge in [-0.3, -0.25) is 14.4 Å². The Morgan fingerprint density at radius 1 is 1.06 bits per heavy atom. The molecule has 12 heteroatoms. The van der Waals surface area contributed by atoms with E-state index in [0.29, 0.717) is 11.3 Å². The molecule has 0 heterocycles. The molecule has 11 nitrogen and oxygen atoms in total. The molecule has 0 bridgehead atoms. The molecule has 31 heavy (non-hydrogen) atoms. The van der Waals surface area contributed by atoms with Crippen LogP contribution >= 0.6 is 11.8 Å². The minimum absolute atomic E-state index is 0.0142. The number of carbonyl (C=O) groups excluding carboxylic acids is 3. The first-order valence-electron chi connectivity index (χ1n) is 9.41. The normalized spacial score (nSPS) is 13.5. The van der Waals surface area contributed by atoms with Crippen molar-refractivity contribution in [1.29, 1.82) is 0 Å². The summed E-state index contributed by atoms with van der Waals surface area (Å²) in [4.78, 5) is 47.9. The Morgan fingerprint density at radius 3 is 2.26 bits per heavy atom. The number of carboxylic acids is 1. The fourth-order valence-corrected chi connectivity index (χ4v) is 2.94. The number of hydrogen-bond acceptors (Lipinski definition) is 8. The Labute approximate surface area is 183 Å². The number of benzene rings is 1. The maximum Gasteiger partial charge on any atom is 0.326 e. The second kappa shape index (κ2) is 13.5. The van der Waals surface area contributed by atoms with Gasteiger partial charge >= 0.3 is 5.97 Å². The Morgan fingerprint density at radius 2 is 1.71 bits per heavy atom. The number of aliphatic carboxylic acids is 1. The minimum Gasteiger partial charge on any atom is -0.508 e. The van der Waals surface area contributed by atoms with E-state index in [1.165, 1.54) is 23.9 Å². The Bertz CT molecular complexity index is 760. The van der Waals surface area contributed by atoms with Gasteiger partial charge in [-0.05, 0) is 36.1 Å². The maximum atomic E-state index is 12.7. The van der Waals surface area contributed by atoms with Crippen LogP contribution in [-0.4, -0.2) is 82.3 Å². The van der Waals surface area contributed by atoms with Crippen LogP contribution in [0, 0.1) is 0 Å². The van der Waals surface area contributed by atoms with Gasteiger partial charge in [0, 0.05) is 6.42 Å². The van der Waals surface area contributed by atoms with Crippen LogP contribution < -0.4 is 21.7 Å². The zero-order valence-electron chi connectivity index (χ0n) is 17.0. The minimum atomic E-state index is -1.25. The summed E-state index contributed by atoms with van der Waals surface area (Å²) in [5.41, 5.74) is 5.94. The molecule has 0 aliphatic carbocycles. The van der Waals surface area contributed by atoms with Gasteiger partial charge in [0.2, 0.25) is 17.7 Å². The van der Waals surface area contributed by atoms with Crippen molar-refractivity contribution in [2.45, 2.75) is 31.0 Å². The molecule has 1 rings (SSSR count). The second-order valence-electron chi connectivity index (χ2n) is 6.68. The highest BCUT2D eigenvalue weighted by atomic mass is 32.2. The molecule has 8 N–H and O–H groups in total. The number of carbonyl (C=O) groups is 4. The van der Waals surface area contributed by atoms with Gasteiger partial charge in [0.1, 0.15) is 23.9 Å². The molecule has 3 atom stereocenters. The fourth-order valence-electron chi connectivity index (χ4n) is 2.47. The van der Waals surface area contributed by atoms with E-state index in [1.54, 1.807) is 12.1 Å². The van der Waals surface area contributed by atoms with Gasteiger partial charge in [-0.2, -0.15) is 11.8 Å². The van der Waals surface area contributed by atoms with Crippen LogP contribution in [0.2, 0.25) is 0 Å². The number of phenols is 1. The van der Waals surface area contributed by atoms with Gasteiger partial charge in [-0.25, -0.2) is 4.79 Å². The van der Waals surface area contributed by atoms with Crippen LogP contribution in [0.5, 0.6) is 5.75 Å². The van der Waals surface area contributed by atoms with Crippen molar-refractivity contribution < 1.29 is 34.5 Å². The Hall–Kier alpha value is -2.83. The van der Waals surface area contributed by atoms with E-state index in [4.69, 9.17) is 10.8 Å². The van der Waals surface area contributed by atoms with E-state index >= 15 is 0 Å². The maximum absolute atomic E-state index is 12.7. The van der Waals surface area contributed by atoms with Crippen molar-refractivity contribution in [3.8, 4) is 5.75 Å². The van der Waals surface area contributed by atoms with Crippen LogP contribution in [0.25, 0.3) is 0 Å². The summed E-state index contributed by atoms with van der Waals surface area (Å²) in [6.45, 7) is -1.03. The summed E-state index contributed by atoms with van der Waals surface area (Å²) >= 11 is 1.44. The van der Waals surface area contributed by atoms with Crippen molar-refractivity contribution >= 4 is 35.5 Å². The highest BCUT2D eigenvalue weighted by Crippen LogP contribution is 2.12. The van der Waals surface area contributed by atoms with Crippen LogP contribution in [-0.2, 0) is 25.6 Å². The molecular weight excluding hydrogens is 428 g/mol. The molecule has 0 aliphatic heterocycles. The molecule has 0 aromatic heterocycles. The molecule has 0 fully saturated rings. The number of nitrogens with one attached hydrogen (secondary N) is 3. The SMILES string of the molecule is CSCCC(NC(=O)CNC(=O)C(N)CO)C(=O)NC(Cc1ccc(O)cc1)C(=O)O. The second-order valence-corrected chi connectivity index (χ2v) is 7.66. The summed E-state index contributed by atoms with van der Waals surface area (Å²) in [5, 5.41) is 34.8. The zero-order valence-corrected chi connectivity index (χ0v) is 17.9. The predicted octanol–water partition coefficient (Wildman–Crippen LogP) is -1.82. The van der Waals surface area contributed by atoms with E-state index < -0.39 is 55.0 Å². The van der Waals surface area contributed by atoms with E-state index in [2.05, 4.69) is 16.0 Å². The van der Waals surface area contributed by atoms with Gasteiger partial charge in [0.15, 0.2) is 0 Å². The standard InChI is InChI=1S/C19H28N4O7S/c1-31-7-6-14(22-16(26)9-21-17(27)13(20)10-24)18(28)23-15(19(29)30)8-11-2-4-12(25)5-3-11/h2-5,13-15,24-25H,6-10,20H2,1H3,(H,21,27)(H,22,26)(H,23,28)(H,29,30). The van der Waals surface area contributed by atoms with Crippen molar-refractivity contribution in [1.82, 2.24) is 16.0 Å². The van der Waals surface area contributed by atoms with Crippen LogP contribution in [0.4, 0.5) is 0 Å². The lowest BCUT2D eigenvalue weighted by Crippen LogP contribution is -2.54. The van der Waals surface area contributed by atoms with Gasteiger partial charge < -0.3 is 37.0 Å². The van der Waals surface area contributed by atoms with Gasteiger partial charge in [0.25, 0.3) is 0 Å². The quantitative estimate of drug-likeness (QED) is 0.179. The number of phenolic OH excluding ortho intramolecular Hbond substituents is 1. The lowest BCUT2D eigenvalue weighted by atomic mass is 10.0. The zero-order chi connectivity index (χ0) is 23.4. The number of aliphatic hydroxyl groups excluding tert-OH is 1. The molecule has 0 spiro atoms. The summed E-state index contributed by atoms with van der Waals surface area (Å²) in [6.07, 6.45) is 2.05. The average molecular weight is 457 g/mol. The third kappa shape index (κ3) is 9.68.